The third-order valence-corrected chi connectivity index (χ3v) is 4.36. The van der Waals surface area contributed by atoms with Crippen LogP contribution in [0, 0.1) is 5.92 Å². The predicted molar refractivity (Wildman–Crippen MR) is 88.9 cm³/mol. The number of nitrogens with zero attached hydrogens (tertiary/aromatic N) is 1. The van der Waals surface area contributed by atoms with Crippen LogP contribution in [0.1, 0.15) is 39.0 Å². The van der Waals surface area contributed by atoms with Gasteiger partial charge in [-0.3, -0.25) is 14.9 Å². The summed E-state index contributed by atoms with van der Waals surface area (Å²) >= 11 is 0. The second-order valence-electron chi connectivity index (χ2n) is 6.16. The van der Waals surface area contributed by atoms with E-state index < -0.39 is 6.04 Å². The van der Waals surface area contributed by atoms with Crippen LogP contribution in [0.15, 0.2) is 24.3 Å². The third-order valence-electron chi connectivity index (χ3n) is 4.36. The monoisotopic (exact) mass is 314 g/mol. The molecular weight excluding hydrogens is 292 g/mol. The summed E-state index contributed by atoms with van der Waals surface area (Å²) in [5, 5.41) is 5.53. The van der Waals surface area contributed by atoms with Gasteiger partial charge in [0.2, 0.25) is 17.8 Å². The molecule has 23 heavy (non-hydrogen) atoms. The number of amides is 2. The van der Waals surface area contributed by atoms with Crippen LogP contribution in [0.5, 0.6) is 0 Å². The van der Waals surface area contributed by atoms with Gasteiger partial charge in [-0.25, -0.2) is 4.98 Å². The SMILES string of the molecule is C[C@H](NC(=O)C1CCCCC1)C(=O)Nc1nc2ccccc2[nH]1. The number of fused-ring (bicyclic) bond motifs is 1. The minimum absolute atomic E-state index is 0.0167. The first-order valence-corrected chi connectivity index (χ1v) is 8.19. The molecule has 1 fully saturated rings. The van der Waals surface area contributed by atoms with E-state index in [2.05, 4.69) is 20.6 Å². The molecule has 0 saturated heterocycles. The summed E-state index contributed by atoms with van der Waals surface area (Å²) in [5.41, 5.74) is 1.66. The first kappa shape index (κ1) is 15.5. The van der Waals surface area contributed by atoms with Crippen LogP contribution in [0.4, 0.5) is 5.95 Å². The van der Waals surface area contributed by atoms with Gasteiger partial charge in [-0.15, -0.1) is 0 Å². The molecule has 2 amide bonds. The normalized spacial score (nSPS) is 16.9. The van der Waals surface area contributed by atoms with E-state index in [1.54, 1.807) is 6.92 Å². The Morgan fingerprint density at radius 2 is 1.96 bits per heavy atom. The van der Waals surface area contributed by atoms with Gasteiger partial charge in [0.25, 0.3) is 0 Å². The number of carbonyl (C=O) groups excluding carboxylic acids is 2. The predicted octanol–water partition coefficient (Wildman–Crippen LogP) is 2.59. The lowest BCUT2D eigenvalue weighted by Crippen LogP contribution is -2.44. The lowest BCUT2D eigenvalue weighted by atomic mass is 9.88. The molecule has 122 valence electrons. The molecule has 0 unspecified atom stereocenters. The molecule has 0 aliphatic heterocycles. The quantitative estimate of drug-likeness (QED) is 0.810. The maximum Gasteiger partial charge on any atom is 0.248 e. The molecule has 1 aliphatic rings. The van der Waals surface area contributed by atoms with Crippen LogP contribution in [0.3, 0.4) is 0 Å². The number of H-pyrrole nitrogens is 1. The van der Waals surface area contributed by atoms with Gasteiger partial charge in [0.05, 0.1) is 11.0 Å². The maximum atomic E-state index is 12.2. The van der Waals surface area contributed by atoms with E-state index in [0.717, 1.165) is 36.7 Å². The Bertz CT molecular complexity index is 670. The van der Waals surface area contributed by atoms with Gasteiger partial charge >= 0.3 is 0 Å². The van der Waals surface area contributed by atoms with E-state index in [-0.39, 0.29) is 17.7 Å². The largest absolute Gasteiger partial charge is 0.344 e. The van der Waals surface area contributed by atoms with Crippen molar-refractivity contribution >= 4 is 28.8 Å². The van der Waals surface area contributed by atoms with Gasteiger partial charge in [0.15, 0.2) is 0 Å². The van der Waals surface area contributed by atoms with Crippen molar-refractivity contribution in [3.63, 3.8) is 0 Å². The van der Waals surface area contributed by atoms with Gasteiger partial charge < -0.3 is 10.3 Å². The molecule has 1 atom stereocenters. The Balaban J connectivity index is 1.57. The number of anilines is 1. The molecule has 0 bridgehead atoms. The van der Waals surface area contributed by atoms with Crippen molar-refractivity contribution in [2.75, 3.05) is 5.32 Å². The molecule has 1 aromatic carbocycles. The van der Waals surface area contributed by atoms with Crippen LogP contribution in [-0.2, 0) is 9.59 Å². The summed E-state index contributed by atoms with van der Waals surface area (Å²) in [4.78, 5) is 31.8. The minimum atomic E-state index is -0.586. The summed E-state index contributed by atoms with van der Waals surface area (Å²) in [5.74, 6) is 0.158. The van der Waals surface area contributed by atoms with E-state index in [9.17, 15) is 9.59 Å². The van der Waals surface area contributed by atoms with Crippen LogP contribution in [-0.4, -0.2) is 27.8 Å². The molecule has 6 nitrogen and oxygen atoms in total. The van der Waals surface area contributed by atoms with Gasteiger partial charge in [-0.1, -0.05) is 31.4 Å². The molecular formula is C17H22N4O2. The summed E-state index contributed by atoms with van der Waals surface area (Å²) in [7, 11) is 0. The molecule has 3 rings (SSSR count). The maximum absolute atomic E-state index is 12.2. The fraction of sp³-hybridized carbons (Fsp3) is 0.471. The molecule has 0 spiro atoms. The third kappa shape index (κ3) is 3.70. The molecule has 1 aliphatic carbocycles. The first-order chi connectivity index (χ1) is 11.1. The van der Waals surface area contributed by atoms with Crippen molar-refractivity contribution in [2.45, 2.75) is 45.1 Å². The molecule has 6 heteroatoms. The number of hydrogen-bond acceptors (Lipinski definition) is 3. The van der Waals surface area contributed by atoms with Gasteiger partial charge in [-0.2, -0.15) is 0 Å². The van der Waals surface area contributed by atoms with Crippen molar-refractivity contribution in [3.05, 3.63) is 24.3 Å². The fourth-order valence-corrected chi connectivity index (χ4v) is 3.00. The van der Waals surface area contributed by atoms with Crippen molar-refractivity contribution in [3.8, 4) is 0 Å². The highest BCUT2D eigenvalue weighted by Gasteiger charge is 2.24. The van der Waals surface area contributed by atoms with Crippen molar-refractivity contribution in [1.29, 1.82) is 0 Å². The Morgan fingerprint density at radius 3 is 2.70 bits per heavy atom. The van der Waals surface area contributed by atoms with Gasteiger partial charge in [0.1, 0.15) is 6.04 Å². The zero-order chi connectivity index (χ0) is 16.2. The Hall–Kier alpha value is -2.37. The number of rotatable bonds is 4. The topological polar surface area (TPSA) is 86.9 Å². The number of aromatic nitrogens is 2. The van der Waals surface area contributed by atoms with Crippen molar-refractivity contribution in [2.24, 2.45) is 5.92 Å². The van der Waals surface area contributed by atoms with Crippen LogP contribution >= 0.6 is 0 Å². The Morgan fingerprint density at radius 1 is 1.22 bits per heavy atom. The van der Waals surface area contributed by atoms with E-state index in [1.165, 1.54) is 6.42 Å². The second-order valence-corrected chi connectivity index (χ2v) is 6.16. The zero-order valence-electron chi connectivity index (χ0n) is 13.3. The molecule has 1 heterocycles. The molecule has 2 aromatic rings. The first-order valence-electron chi connectivity index (χ1n) is 8.19. The highest BCUT2D eigenvalue weighted by Crippen LogP contribution is 2.23. The van der Waals surface area contributed by atoms with E-state index in [4.69, 9.17) is 0 Å². The lowest BCUT2D eigenvalue weighted by Gasteiger charge is -2.22. The van der Waals surface area contributed by atoms with Crippen molar-refractivity contribution in [1.82, 2.24) is 15.3 Å². The molecule has 3 N–H and O–H groups in total. The van der Waals surface area contributed by atoms with E-state index in [0.29, 0.717) is 5.95 Å². The number of imidazole rings is 1. The summed E-state index contributed by atoms with van der Waals surface area (Å²) in [6, 6.07) is 6.97. The number of nitrogens with one attached hydrogen (secondary N) is 3. The highest BCUT2D eigenvalue weighted by atomic mass is 16.2. The Labute approximate surface area is 135 Å². The van der Waals surface area contributed by atoms with Crippen LogP contribution in [0.2, 0.25) is 0 Å². The fourth-order valence-electron chi connectivity index (χ4n) is 3.00. The summed E-state index contributed by atoms with van der Waals surface area (Å²) in [6.45, 7) is 1.69. The highest BCUT2D eigenvalue weighted by molar-refractivity contribution is 5.97. The van der Waals surface area contributed by atoms with Gasteiger partial charge in [0, 0.05) is 5.92 Å². The van der Waals surface area contributed by atoms with E-state index >= 15 is 0 Å². The summed E-state index contributed by atoms with van der Waals surface area (Å²) in [6.07, 6.45) is 5.23. The number of aromatic amines is 1. The number of para-hydroxylation sites is 2. The van der Waals surface area contributed by atoms with Crippen LogP contribution in [0.25, 0.3) is 11.0 Å². The average molecular weight is 314 g/mol. The van der Waals surface area contributed by atoms with Gasteiger partial charge in [-0.05, 0) is 31.9 Å². The Kier molecular flexibility index (Phi) is 4.60. The van der Waals surface area contributed by atoms with Crippen LogP contribution < -0.4 is 10.6 Å². The smallest absolute Gasteiger partial charge is 0.248 e. The number of hydrogen-bond donors (Lipinski definition) is 3. The summed E-state index contributed by atoms with van der Waals surface area (Å²) < 4.78 is 0. The zero-order valence-corrected chi connectivity index (χ0v) is 13.3. The molecule has 0 radical (unpaired) electrons. The number of carbonyl (C=O) groups is 2. The lowest BCUT2D eigenvalue weighted by molar-refractivity contribution is -0.129. The number of benzene rings is 1. The standard InChI is InChI=1S/C17H22N4O2/c1-11(18-16(23)12-7-3-2-4-8-12)15(22)21-17-19-13-9-5-6-10-14(13)20-17/h5-6,9-12H,2-4,7-8H2,1H3,(H,18,23)(H2,19,20,21,22)/t11-/m0/s1. The molecule has 1 saturated carbocycles. The average Bonchev–Trinajstić information content (AvgIpc) is 2.97. The van der Waals surface area contributed by atoms with E-state index in [1.807, 2.05) is 24.3 Å². The molecule has 1 aromatic heterocycles. The minimum Gasteiger partial charge on any atom is -0.344 e. The second kappa shape index (κ2) is 6.81. The van der Waals surface area contributed by atoms with Crippen molar-refractivity contribution < 1.29 is 9.59 Å².